The zero-order chi connectivity index (χ0) is 18.5. The number of fused-ring (bicyclic) bond motifs is 1. The lowest BCUT2D eigenvalue weighted by Gasteiger charge is -2.23. The minimum atomic E-state index is -0.0882. The highest BCUT2D eigenvalue weighted by molar-refractivity contribution is 6.30. The number of nitrogens with zero attached hydrogens (tertiary/aromatic N) is 2. The van der Waals surface area contributed by atoms with E-state index in [1.165, 1.54) is 6.20 Å². The van der Waals surface area contributed by atoms with E-state index < -0.39 is 0 Å². The second kappa shape index (κ2) is 8.41. The predicted molar refractivity (Wildman–Crippen MR) is 102 cm³/mol. The number of anilines is 1. The maximum absolute atomic E-state index is 12.5. The second-order valence-corrected chi connectivity index (χ2v) is 7.08. The van der Waals surface area contributed by atoms with Crippen LogP contribution in [-0.4, -0.2) is 21.7 Å². The largest absolute Gasteiger partial charge is 0.295 e. The summed E-state index contributed by atoms with van der Waals surface area (Å²) >= 11 is 5.95. The molecule has 1 aromatic carbocycles. The van der Waals surface area contributed by atoms with Crippen LogP contribution in [0.3, 0.4) is 0 Å². The fourth-order valence-electron chi connectivity index (χ4n) is 3.20. The first-order valence-corrected chi connectivity index (χ1v) is 9.39. The van der Waals surface area contributed by atoms with E-state index in [0.717, 1.165) is 24.8 Å². The zero-order valence-corrected chi connectivity index (χ0v) is 15.6. The molecule has 0 saturated heterocycles. The van der Waals surface area contributed by atoms with Gasteiger partial charge in [-0.3, -0.25) is 14.9 Å². The summed E-state index contributed by atoms with van der Waals surface area (Å²) in [7, 11) is 0. The third-order valence-electron chi connectivity index (χ3n) is 4.64. The normalized spacial score (nSPS) is 16.2. The zero-order valence-electron chi connectivity index (χ0n) is 14.8. The molecule has 1 heterocycles. The fourth-order valence-corrected chi connectivity index (χ4v) is 3.32. The number of benzene rings is 1. The summed E-state index contributed by atoms with van der Waals surface area (Å²) in [6, 6.07) is 7.56. The molecule has 1 aliphatic rings. The molecule has 2 aromatic rings. The van der Waals surface area contributed by atoms with Gasteiger partial charge >= 0.3 is 0 Å². The highest BCUT2D eigenvalue weighted by atomic mass is 35.5. The van der Waals surface area contributed by atoms with Gasteiger partial charge < -0.3 is 0 Å². The summed E-state index contributed by atoms with van der Waals surface area (Å²) < 4.78 is 0. The molecular weight excluding hydrogens is 350 g/mol. The van der Waals surface area contributed by atoms with Gasteiger partial charge in [0.25, 0.3) is 0 Å². The first kappa shape index (κ1) is 18.5. The minimum Gasteiger partial charge on any atom is -0.295 e. The number of hydrogen-bond donors (Lipinski definition) is 1. The van der Waals surface area contributed by atoms with Crippen molar-refractivity contribution in [2.45, 2.75) is 51.4 Å². The van der Waals surface area contributed by atoms with Gasteiger partial charge in [-0.2, -0.15) is 0 Å². The van der Waals surface area contributed by atoms with Crippen LogP contribution in [0.25, 0.3) is 0 Å². The molecule has 1 N–H and O–H groups in total. The lowest BCUT2D eigenvalue weighted by Crippen LogP contribution is -2.22. The molecule has 26 heavy (non-hydrogen) atoms. The molecule has 5 nitrogen and oxygen atoms in total. The van der Waals surface area contributed by atoms with Gasteiger partial charge in [0.2, 0.25) is 11.9 Å². The van der Waals surface area contributed by atoms with Gasteiger partial charge in [-0.25, -0.2) is 9.97 Å². The van der Waals surface area contributed by atoms with E-state index in [-0.39, 0.29) is 23.6 Å². The van der Waals surface area contributed by atoms with Gasteiger partial charge in [-0.05, 0) is 36.5 Å². The Bertz CT molecular complexity index is 805. The van der Waals surface area contributed by atoms with Gasteiger partial charge in [-0.15, -0.1) is 0 Å². The van der Waals surface area contributed by atoms with Gasteiger partial charge in [0.15, 0.2) is 5.78 Å². The van der Waals surface area contributed by atoms with Gasteiger partial charge in [0, 0.05) is 24.1 Å². The Hall–Kier alpha value is -2.27. The van der Waals surface area contributed by atoms with Crippen molar-refractivity contribution in [2.75, 3.05) is 5.32 Å². The first-order chi connectivity index (χ1) is 12.6. The average Bonchev–Trinajstić information content (AvgIpc) is 2.62. The molecule has 6 heteroatoms. The maximum Gasteiger partial charge on any atom is 0.229 e. The number of carbonyl (C=O) groups is 2. The van der Waals surface area contributed by atoms with Crippen molar-refractivity contribution >= 4 is 29.2 Å². The number of carbonyl (C=O) groups excluding carboxylic acids is 2. The third kappa shape index (κ3) is 4.47. The molecule has 1 unspecified atom stereocenters. The quantitative estimate of drug-likeness (QED) is 0.755. The number of rotatable bonds is 6. The van der Waals surface area contributed by atoms with Crippen molar-refractivity contribution in [3.63, 3.8) is 0 Å². The topological polar surface area (TPSA) is 72.0 Å². The molecule has 0 bridgehead atoms. The number of halogens is 1. The molecule has 1 atom stereocenters. The van der Waals surface area contributed by atoms with Crippen molar-refractivity contribution < 1.29 is 9.59 Å². The number of ketones is 1. The fraction of sp³-hybridized carbons (Fsp3) is 0.400. The van der Waals surface area contributed by atoms with E-state index in [9.17, 15) is 9.59 Å². The molecule has 136 valence electrons. The van der Waals surface area contributed by atoms with Crippen LogP contribution in [0.15, 0.2) is 30.5 Å². The monoisotopic (exact) mass is 371 g/mol. The van der Waals surface area contributed by atoms with Crippen LogP contribution in [0.1, 0.15) is 66.6 Å². The van der Waals surface area contributed by atoms with Gasteiger partial charge in [0.1, 0.15) is 0 Å². The molecule has 1 aromatic heterocycles. The number of nitrogens with one attached hydrogen (secondary N) is 1. The molecular formula is C20H22ClN3O2. The Kier molecular flexibility index (Phi) is 5.99. The van der Waals surface area contributed by atoms with E-state index >= 15 is 0 Å². The summed E-state index contributed by atoms with van der Waals surface area (Å²) in [6.45, 7) is 2.10. The van der Waals surface area contributed by atoms with E-state index in [1.807, 2.05) is 24.3 Å². The molecule has 0 aliphatic heterocycles. The van der Waals surface area contributed by atoms with Gasteiger partial charge in [-0.1, -0.05) is 43.5 Å². The van der Waals surface area contributed by atoms with E-state index in [0.29, 0.717) is 35.5 Å². The third-order valence-corrected chi connectivity index (χ3v) is 4.89. The Morgan fingerprint density at radius 2 is 2.00 bits per heavy atom. The van der Waals surface area contributed by atoms with Crippen LogP contribution in [0, 0.1) is 0 Å². The molecule has 0 spiro atoms. The Labute approximate surface area is 158 Å². The van der Waals surface area contributed by atoms with Crippen LogP contribution in [-0.2, 0) is 11.2 Å². The Morgan fingerprint density at radius 1 is 1.23 bits per heavy atom. The summed E-state index contributed by atoms with van der Waals surface area (Å²) in [5.41, 5.74) is 2.32. The standard InChI is InChI=1S/C20H22ClN3O2/c1-2-3-4-5-19(26)24-20-22-12-16-17(23-20)10-14(11-18(16)25)13-6-8-15(21)9-7-13/h6-9,12,14H,2-5,10-11H2,1H3,(H,22,23,24,26). The highest BCUT2D eigenvalue weighted by Gasteiger charge is 2.28. The lowest BCUT2D eigenvalue weighted by molar-refractivity contribution is -0.116. The molecule has 0 saturated carbocycles. The SMILES string of the molecule is CCCCCC(=O)Nc1ncc2c(n1)CC(c1ccc(Cl)cc1)CC2=O. The van der Waals surface area contributed by atoms with Crippen LogP contribution < -0.4 is 5.32 Å². The predicted octanol–water partition coefficient (Wildman–Crippen LogP) is 4.56. The van der Waals surface area contributed by atoms with Crippen molar-refractivity contribution in [3.05, 3.63) is 52.3 Å². The molecule has 1 amide bonds. The summed E-state index contributed by atoms with van der Waals surface area (Å²) in [6.07, 6.45) is 6.01. The summed E-state index contributed by atoms with van der Waals surface area (Å²) in [5, 5.41) is 3.41. The van der Waals surface area contributed by atoms with Crippen molar-refractivity contribution in [2.24, 2.45) is 0 Å². The molecule has 1 aliphatic carbocycles. The van der Waals surface area contributed by atoms with Crippen molar-refractivity contribution in [1.82, 2.24) is 9.97 Å². The Balaban J connectivity index is 1.73. The lowest BCUT2D eigenvalue weighted by atomic mass is 9.82. The average molecular weight is 372 g/mol. The van der Waals surface area contributed by atoms with E-state index in [4.69, 9.17) is 11.6 Å². The van der Waals surface area contributed by atoms with E-state index in [2.05, 4.69) is 22.2 Å². The second-order valence-electron chi connectivity index (χ2n) is 6.64. The van der Waals surface area contributed by atoms with Crippen molar-refractivity contribution in [3.8, 4) is 0 Å². The first-order valence-electron chi connectivity index (χ1n) is 9.01. The van der Waals surface area contributed by atoms with Crippen LogP contribution in [0.2, 0.25) is 5.02 Å². The number of Topliss-reactive ketones (excluding diaryl/α,β-unsaturated/α-hetero) is 1. The number of unbranched alkanes of at least 4 members (excludes halogenated alkanes) is 2. The van der Waals surface area contributed by atoms with Crippen LogP contribution in [0.4, 0.5) is 5.95 Å². The van der Waals surface area contributed by atoms with Crippen LogP contribution >= 0.6 is 11.6 Å². The smallest absolute Gasteiger partial charge is 0.229 e. The molecule has 3 rings (SSSR count). The number of aromatic nitrogens is 2. The van der Waals surface area contributed by atoms with Gasteiger partial charge in [0.05, 0.1) is 11.3 Å². The minimum absolute atomic E-state index is 0.0343. The van der Waals surface area contributed by atoms with E-state index in [1.54, 1.807) is 0 Å². The Morgan fingerprint density at radius 3 is 2.73 bits per heavy atom. The molecule has 0 radical (unpaired) electrons. The maximum atomic E-state index is 12.5. The van der Waals surface area contributed by atoms with Crippen LogP contribution in [0.5, 0.6) is 0 Å². The summed E-state index contributed by atoms with van der Waals surface area (Å²) in [5.74, 6) is 0.284. The highest BCUT2D eigenvalue weighted by Crippen LogP contribution is 2.32. The summed E-state index contributed by atoms with van der Waals surface area (Å²) in [4.78, 5) is 33.0. The number of amides is 1. The number of hydrogen-bond acceptors (Lipinski definition) is 4. The molecule has 0 fully saturated rings. The van der Waals surface area contributed by atoms with Crippen molar-refractivity contribution in [1.29, 1.82) is 0 Å².